The van der Waals surface area contributed by atoms with Crippen molar-refractivity contribution in [3.8, 4) is 0 Å². The lowest BCUT2D eigenvalue weighted by atomic mass is 10.2. The van der Waals surface area contributed by atoms with Gasteiger partial charge in [-0.15, -0.1) is 0 Å². The van der Waals surface area contributed by atoms with Crippen molar-refractivity contribution in [3.63, 3.8) is 0 Å². The van der Waals surface area contributed by atoms with Crippen molar-refractivity contribution in [2.45, 2.75) is 0 Å². The Labute approximate surface area is 141 Å². The first-order valence-corrected chi connectivity index (χ1v) is 7.49. The second kappa shape index (κ2) is 6.13. The highest BCUT2D eigenvalue weighted by Gasteiger charge is 2.07. The van der Waals surface area contributed by atoms with Gasteiger partial charge in [-0.25, -0.2) is 4.98 Å². The van der Waals surface area contributed by atoms with E-state index in [4.69, 9.17) is 34.8 Å². The van der Waals surface area contributed by atoms with Crippen molar-refractivity contribution in [1.82, 2.24) is 9.97 Å². The number of fused-ring (bicyclic) bond motifs is 1. The minimum atomic E-state index is -0.235. The van der Waals surface area contributed by atoms with Gasteiger partial charge in [0.25, 0.3) is 5.56 Å². The van der Waals surface area contributed by atoms with E-state index < -0.39 is 0 Å². The first-order chi connectivity index (χ1) is 10.5. The zero-order valence-corrected chi connectivity index (χ0v) is 13.4. The minimum Gasteiger partial charge on any atom is -0.305 e. The van der Waals surface area contributed by atoms with Crippen LogP contribution in [0.3, 0.4) is 0 Å². The number of aromatic amines is 1. The van der Waals surface area contributed by atoms with Crippen LogP contribution in [0.4, 0.5) is 0 Å². The van der Waals surface area contributed by atoms with Gasteiger partial charge in [0.2, 0.25) is 0 Å². The number of nitrogens with zero attached hydrogens (tertiary/aromatic N) is 1. The van der Waals surface area contributed by atoms with Gasteiger partial charge in [-0.3, -0.25) is 4.79 Å². The maximum Gasteiger partial charge on any atom is 0.259 e. The van der Waals surface area contributed by atoms with E-state index in [0.29, 0.717) is 31.8 Å². The molecule has 0 amide bonds. The number of aromatic nitrogens is 2. The predicted molar refractivity (Wildman–Crippen MR) is 92.5 cm³/mol. The van der Waals surface area contributed by atoms with Gasteiger partial charge < -0.3 is 4.98 Å². The maximum absolute atomic E-state index is 12.0. The van der Waals surface area contributed by atoms with Crippen LogP contribution in [-0.4, -0.2) is 9.97 Å². The SMILES string of the molecule is O=c1[nH]c(/C(Cl)=C/c2ccc(Cl)c(Cl)c2)nc2ccccc12. The van der Waals surface area contributed by atoms with Gasteiger partial charge in [-0.05, 0) is 35.9 Å². The lowest BCUT2D eigenvalue weighted by Gasteiger charge is -2.03. The zero-order valence-electron chi connectivity index (χ0n) is 11.1. The van der Waals surface area contributed by atoms with E-state index >= 15 is 0 Å². The summed E-state index contributed by atoms with van der Waals surface area (Å²) in [4.78, 5) is 19.1. The van der Waals surface area contributed by atoms with Gasteiger partial charge in [0, 0.05) is 0 Å². The van der Waals surface area contributed by atoms with Crippen LogP contribution >= 0.6 is 34.8 Å². The van der Waals surface area contributed by atoms with E-state index in [0.717, 1.165) is 5.56 Å². The lowest BCUT2D eigenvalue weighted by molar-refractivity contribution is 1.14. The van der Waals surface area contributed by atoms with Crippen LogP contribution in [0.5, 0.6) is 0 Å². The summed E-state index contributed by atoms with van der Waals surface area (Å²) in [5.41, 5.74) is 1.11. The normalized spacial score (nSPS) is 11.9. The third-order valence-electron chi connectivity index (χ3n) is 3.08. The first-order valence-electron chi connectivity index (χ1n) is 6.36. The molecule has 1 aromatic heterocycles. The molecule has 1 heterocycles. The van der Waals surface area contributed by atoms with Gasteiger partial charge >= 0.3 is 0 Å². The largest absolute Gasteiger partial charge is 0.305 e. The number of benzene rings is 2. The quantitative estimate of drug-likeness (QED) is 0.708. The Morgan fingerprint density at radius 2 is 1.86 bits per heavy atom. The van der Waals surface area contributed by atoms with E-state index in [9.17, 15) is 4.79 Å². The van der Waals surface area contributed by atoms with Crippen molar-refractivity contribution in [2.75, 3.05) is 0 Å². The number of hydrogen-bond acceptors (Lipinski definition) is 2. The number of hydrogen-bond donors (Lipinski definition) is 1. The molecule has 0 fully saturated rings. The third kappa shape index (κ3) is 3.02. The smallest absolute Gasteiger partial charge is 0.259 e. The molecule has 3 nitrogen and oxygen atoms in total. The third-order valence-corrected chi connectivity index (χ3v) is 4.10. The number of H-pyrrole nitrogens is 1. The zero-order chi connectivity index (χ0) is 15.7. The Balaban J connectivity index is 2.08. The molecule has 22 heavy (non-hydrogen) atoms. The molecular formula is C16H9Cl3N2O. The molecule has 1 N–H and O–H groups in total. The van der Waals surface area contributed by atoms with Crippen molar-refractivity contribution in [2.24, 2.45) is 0 Å². The molecule has 0 aliphatic heterocycles. The molecule has 0 saturated carbocycles. The van der Waals surface area contributed by atoms with E-state index in [2.05, 4.69) is 9.97 Å². The monoisotopic (exact) mass is 350 g/mol. The average molecular weight is 352 g/mol. The van der Waals surface area contributed by atoms with Gasteiger partial charge in [0.05, 0.1) is 26.0 Å². The maximum atomic E-state index is 12.0. The molecule has 0 aliphatic rings. The van der Waals surface area contributed by atoms with E-state index in [-0.39, 0.29) is 5.56 Å². The standard InChI is InChI=1S/C16H9Cl3N2O/c17-11-6-5-9(7-12(11)18)8-13(19)15-20-14-4-2-1-3-10(14)16(22)21-15/h1-8H,(H,20,21,22)/b13-8-. The molecule has 2 aromatic carbocycles. The fourth-order valence-corrected chi connectivity index (χ4v) is 2.54. The summed E-state index contributed by atoms with van der Waals surface area (Å²) >= 11 is 18.1. The van der Waals surface area contributed by atoms with Gasteiger partial charge in [0.1, 0.15) is 0 Å². The number of para-hydroxylation sites is 1. The van der Waals surface area contributed by atoms with Crippen LogP contribution in [0.1, 0.15) is 11.4 Å². The highest BCUT2D eigenvalue weighted by molar-refractivity contribution is 6.50. The van der Waals surface area contributed by atoms with Gasteiger partial charge in [-0.1, -0.05) is 53.0 Å². The summed E-state index contributed by atoms with van der Waals surface area (Å²) < 4.78 is 0. The van der Waals surface area contributed by atoms with Crippen LogP contribution < -0.4 is 5.56 Å². The lowest BCUT2D eigenvalue weighted by Crippen LogP contribution is -2.10. The van der Waals surface area contributed by atoms with Crippen LogP contribution in [-0.2, 0) is 0 Å². The molecule has 0 bridgehead atoms. The Morgan fingerprint density at radius 1 is 1.09 bits per heavy atom. The molecule has 0 saturated heterocycles. The Kier molecular flexibility index (Phi) is 4.21. The van der Waals surface area contributed by atoms with Crippen LogP contribution in [0.2, 0.25) is 10.0 Å². The molecule has 0 atom stereocenters. The molecule has 0 aliphatic carbocycles. The summed E-state index contributed by atoms with van der Waals surface area (Å²) in [6.07, 6.45) is 1.66. The number of halogens is 3. The number of nitrogens with one attached hydrogen (secondary N) is 1. The van der Waals surface area contributed by atoms with Gasteiger partial charge in [-0.2, -0.15) is 0 Å². The first kappa shape index (κ1) is 15.1. The summed E-state index contributed by atoms with van der Waals surface area (Å²) in [7, 11) is 0. The van der Waals surface area contributed by atoms with Crippen molar-refractivity contribution in [1.29, 1.82) is 0 Å². The molecule has 6 heteroatoms. The summed E-state index contributed by atoms with van der Waals surface area (Å²) in [6, 6.07) is 12.2. The fraction of sp³-hybridized carbons (Fsp3) is 0. The Morgan fingerprint density at radius 3 is 2.64 bits per heavy atom. The van der Waals surface area contributed by atoms with Crippen molar-refractivity contribution >= 4 is 56.8 Å². The summed E-state index contributed by atoms with van der Waals surface area (Å²) in [5, 5.41) is 1.72. The molecule has 3 rings (SSSR count). The highest BCUT2D eigenvalue weighted by atomic mass is 35.5. The fourth-order valence-electron chi connectivity index (χ4n) is 2.02. The van der Waals surface area contributed by atoms with E-state index in [1.165, 1.54) is 0 Å². The van der Waals surface area contributed by atoms with E-state index in [1.807, 2.05) is 6.07 Å². The second-order valence-electron chi connectivity index (χ2n) is 4.60. The predicted octanol–water partition coefficient (Wildman–Crippen LogP) is 4.97. The minimum absolute atomic E-state index is 0.235. The topological polar surface area (TPSA) is 45.8 Å². The Bertz CT molecular complexity index is 948. The molecular weight excluding hydrogens is 343 g/mol. The van der Waals surface area contributed by atoms with Gasteiger partial charge in [0.15, 0.2) is 5.82 Å². The van der Waals surface area contributed by atoms with Crippen molar-refractivity contribution < 1.29 is 0 Å². The highest BCUT2D eigenvalue weighted by Crippen LogP contribution is 2.26. The van der Waals surface area contributed by atoms with Crippen molar-refractivity contribution in [3.05, 3.63) is 74.3 Å². The van der Waals surface area contributed by atoms with Crippen LogP contribution in [0, 0.1) is 0 Å². The second-order valence-corrected chi connectivity index (χ2v) is 5.82. The molecule has 0 spiro atoms. The molecule has 0 radical (unpaired) electrons. The average Bonchev–Trinajstić information content (AvgIpc) is 2.51. The van der Waals surface area contributed by atoms with E-state index in [1.54, 1.807) is 42.5 Å². The molecule has 110 valence electrons. The number of rotatable bonds is 2. The summed E-state index contributed by atoms with van der Waals surface area (Å²) in [5.74, 6) is 0.302. The molecule has 3 aromatic rings. The van der Waals surface area contributed by atoms with Crippen LogP contribution in [0.15, 0.2) is 47.3 Å². The Hall–Kier alpha value is -1.81. The summed E-state index contributed by atoms with van der Waals surface area (Å²) in [6.45, 7) is 0. The van der Waals surface area contributed by atoms with Crippen LogP contribution in [0.25, 0.3) is 22.0 Å². The molecule has 0 unspecified atom stereocenters.